The molecule has 7 amide bonds. The standard InChI is InChI=1S/C40H45N9O8/c1-2-3-21-47(24-26-9-11-27(12-10-26)36(51)45-56)40(55)42-28-13-15-30(16-14-28)57-23-5-4-22-48-25-29(44-46-48)19-20-41-32-8-6-7-31-35(32)39(54)49(38(31)53)33-17-18-34(50)43-37(33)52/h6-16,25,33,41,56H,2-5,17-24H2,1H3,(H,42,55)(H,45,51)(H,43,50,52). The first-order chi connectivity index (χ1) is 27.6. The van der Waals surface area contributed by atoms with Crippen LogP contribution >= 0.6 is 0 Å². The van der Waals surface area contributed by atoms with Crippen molar-refractivity contribution in [3.63, 3.8) is 0 Å². The molecule has 0 radical (unpaired) electrons. The Morgan fingerprint density at radius 2 is 1.77 bits per heavy atom. The van der Waals surface area contributed by atoms with Crippen LogP contribution < -0.4 is 26.2 Å². The van der Waals surface area contributed by atoms with Gasteiger partial charge in [-0.25, -0.2) is 10.3 Å². The van der Waals surface area contributed by atoms with Gasteiger partial charge in [0, 0.05) is 62.2 Å². The minimum atomic E-state index is -1.03. The molecule has 1 aromatic heterocycles. The molecule has 3 aromatic carbocycles. The number of nitrogens with zero attached hydrogens (tertiary/aromatic N) is 5. The number of hydrogen-bond acceptors (Lipinski definition) is 11. The minimum Gasteiger partial charge on any atom is -0.494 e. The van der Waals surface area contributed by atoms with Crippen LogP contribution in [0.3, 0.4) is 0 Å². The van der Waals surface area contributed by atoms with Crippen LogP contribution in [0.2, 0.25) is 0 Å². The molecule has 0 aliphatic carbocycles. The molecule has 1 fully saturated rings. The predicted octanol–water partition coefficient (Wildman–Crippen LogP) is 4.15. The van der Waals surface area contributed by atoms with Gasteiger partial charge in [-0.05, 0) is 79.8 Å². The van der Waals surface area contributed by atoms with Gasteiger partial charge in [0.2, 0.25) is 11.8 Å². The van der Waals surface area contributed by atoms with Crippen molar-refractivity contribution in [1.29, 1.82) is 0 Å². The van der Waals surface area contributed by atoms with Gasteiger partial charge < -0.3 is 20.3 Å². The van der Waals surface area contributed by atoms with Crippen molar-refractivity contribution in [2.45, 2.75) is 71.0 Å². The number of ether oxygens (including phenoxy) is 1. The molecule has 6 rings (SSSR count). The maximum absolute atomic E-state index is 13.3. The van der Waals surface area contributed by atoms with Crippen LogP contribution in [0.4, 0.5) is 16.2 Å². The van der Waals surface area contributed by atoms with Crippen molar-refractivity contribution >= 4 is 46.9 Å². The normalized spacial score (nSPS) is 14.9. The van der Waals surface area contributed by atoms with E-state index in [2.05, 4.69) is 33.2 Å². The van der Waals surface area contributed by atoms with Crippen molar-refractivity contribution < 1.29 is 38.7 Å². The van der Waals surface area contributed by atoms with E-state index in [0.717, 1.165) is 41.8 Å². The summed E-state index contributed by atoms with van der Waals surface area (Å²) in [5.74, 6) is -2.11. The lowest BCUT2D eigenvalue weighted by Gasteiger charge is -2.27. The highest BCUT2D eigenvalue weighted by Gasteiger charge is 2.45. The van der Waals surface area contributed by atoms with Gasteiger partial charge in [-0.3, -0.25) is 44.1 Å². The average Bonchev–Trinajstić information content (AvgIpc) is 3.77. The number of aromatic nitrogens is 3. The number of carbonyl (C=O) groups excluding carboxylic acids is 6. The first-order valence-corrected chi connectivity index (χ1v) is 18.9. The number of piperidine rings is 1. The number of aryl methyl sites for hydroxylation is 1. The summed E-state index contributed by atoms with van der Waals surface area (Å²) in [6.45, 7) is 4.54. The summed E-state index contributed by atoms with van der Waals surface area (Å²) in [5, 5.41) is 25.7. The number of amides is 7. The third-order valence-corrected chi connectivity index (χ3v) is 9.67. The lowest BCUT2D eigenvalue weighted by molar-refractivity contribution is -0.136. The van der Waals surface area contributed by atoms with Gasteiger partial charge in [0.15, 0.2) is 0 Å². The second-order valence-corrected chi connectivity index (χ2v) is 13.7. The highest BCUT2D eigenvalue weighted by atomic mass is 16.5. The Balaban J connectivity index is 0.904. The third-order valence-electron chi connectivity index (χ3n) is 9.67. The van der Waals surface area contributed by atoms with Gasteiger partial charge in [0.05, 0.1) is 23.4 Å². The van der Waals surface area contributed by atoms with Crippen LogP contribution in [-0.4, -0.2) is 91.3 Å². The molecule has 5 N–H and O–H groups in total. The SMILES string of the molecule is CCCCN(Cc1ccc(C(=O)NO)cc1)C(=O)Nc1ccc(OCCCCn2cc(CCNc3cccc4c3C(=O)N(C3CCC(=O)NC3=O)C4=O)nn2)cc1. The van der Waals surface area contributed by atoms with Gasteiger partial charge in [-0.1, -0.05) is 36.8 Å². The fourth-order valence-electron chi connectivity index (χ4n) is 6.60. The third kappa shape index (κ3) is 9.98. The average molecular weight is 780 g/mol. The number of hydrogen-bond donors (Lipinski definition) is 5. The molecule has 4 aromatic rings. The molecule has 0 bridgehead atoms. The minimum absolute atomic E-state index is 0.0552. The number of nitrogens with one attached hydrogen (secondary N) is 4. The lowest BCUT2D eigenvalue weighted by atomic mass is 10.0. The molecule has 1 atom stereocenters. The predicted molar refractivity (Wildman–Crippen MR) is 207 cm³/mol. The van der Waals surface area contributed by atoms with Crippen LogP contribution in [0.5, 0.6) is 5.75 Å². The summed E-state index contributed by atoms with van der Waals surface area (Å²) < 4.78 is 7.68. The van der Waals surface area contributed by atoms with Gasteiger partial charge in [-0.2, -0.15) is 0 Å². The lowest BCUT2D eigenvalue weighted by Crippen LogP contribution is -2.54. The number of urea groups is 1. The molecule has 17 nitrogen and oxygen atoms in total. The molecule has 1 unspecified atom stereocenters. The highest BCUT2D eigenvalue weighted by Crippen LogP contribution is 2.32. The number of anilines is 2. The second-order valence-electron chi connectivity index (χ2n) is 13.7. The van der Waals surface area contributed by atoms with Gasteiger partial charge in [-0.15, -0.1) is 5.10 Å². The number of rotatable bonds is 18. The van der Waals surface area contributed by atoms with Crippen molar-refractivity contribution in [2.75, 3.05) is 30.3 Å². The summed E-state index contributed by atoms with van der Waals surface area (Å²) in [6, 6.07) is 17.6. The zero-order valence-electron chi connectivity index (χ0n) is 31.5. The number of unbranched alkanes of at least 4 members (excludes halogenated alkanes) is 2. The topological polar surface area (TPSA) is 217 Å². The van der Waals surface area contributed by atoms with Gasteiger partial charge >= 0.3 is 6.03 Å². The fraction of sp³-hybridized carbons (Fsp3) is 0.350. The number of fused-ring (bicyclic) bond motifs is 1. The molecule has 2 aliphatic heterocycles. The Kier molecular flexibility index (Phi) is 13.2. The van der Waals surface area contributed by atoms with Crippen LogP contribution in [0.25, 0.3) is 0 Å². The maximum atomic E-state index is 13.3. The summed E-state index contributed by atoms with van der Waals surface area (Å²) in [4.78, 5) is 77.9. The molecule has 2 aliphatic rings. The number of carbonyl (C=O) groups is 6. The number of hydroxylamine groups is 1. The van der Waals surface area contributed by atoms with E-state index in [1.807, 2.05) is 6.20 Å². The van der Waals surface area contributed by atoms with E-state index in [9.17, 15) is 28.8 Å². The Bertz CT molecular complexity index is 2100. The molecule has 57 heavy (non-hydrogen) atoms. The van der Waals surface area contributed by atoms with E-state index in [1.165, 1.54) is 0 Å². The molecule has 3 heterocycles. The quantitative estimate of drug-likeness (QED) is 0.0418. The Labute approximate surface area is 328 Å². The van der Waals surface area contributed by atoms with E-state index in [-0.39, 0.29) is 30.0 Å². The molecule has 298 valence electrons. The fourth-order valence-corrected chi connectivity index (χ4v) is 6.60. The zero-order chi connectivity index (χ0) is 40.3. The summed E-state index contributed by atoms with van der Waals surface area (Å²) in [5.41, 5.74) is 5.07. The summed E-state index contributed by atoms with van der Waals surface area (Å²) in [6.07, 6.45) is 5.86. The molecule has 1 saturated heterocycles. The second kappa shape index (κ2) is 18.8. The zero-order valence-corrected chi connectivity index (χ0v) is 31.5. The van der Waals surface area contributed by atoms with E-state index >= 15 is 0 Å². The first kappa shape index (κ1) is 40.1. The monoisotopic (exact) mass is 779 g/mol. The van der Waals surface area contributed by atoms with E-state index in [0.29, 0.717) is 61.9 Å². The van der Waals surface area contributed by atoms with Gasteiger partial charge in [0.25, 0.3) is 17.7 Å². The van der Waals surface area contributed by atoms with Crippen LogP contribution in [0, 0.1) is 0 Å². The highest BCUT2D eigenvalue weighted by molar-refractivity contribution is 6.25. The first-order valence-electron chi connectivity index (χ1n) is 18.9. The maximum Gasteiger partial charge on any atom is 0.322 e. The van der Waals surface area contributed by atoms with Crippen molar-refractivity contribution in [2.24, 2.45) is 0 Å². The van der Waals surface area contributed by atoms with E-state index in [1.54, 1.807) is 81.8 Å². The molecule has 0 spiro atoms. The molecular weight excluding hydrogens is 734 g/mol. The molecule has 17 heteroatoms. The summed E-state index contributed by atoms with van der Waals surface area (Å²) in [7, 11) is 0. The van der Waals surface area contributed by atoms with E-state index < -0.39 is 35.6 Å². The molecule has 0 saturated carbocycles. The Morgan fingerprint density at radius 3 is 2.51 bits per heavy atom. The largest absolute Gasteiger partial charge is 0.494 e. The number of imide groups is 2. The van der Waals surface area contributed by atoms with Crippen LogP contribution in [0.15, 0.2) is 72.9 Å². The smallest absolute Gasteiger partial charge is 0.322 e. The van der Waals surface area contributed by atoms with Gasteiger partial charge in [0.1, 0.15) is 11.8 Å². The van der Waals surface area contributed by atoms with Crippen molar-refractivity contribution in [3.8, 4) is 5.75 Å². The van der Waals surface area contributed by atoms with Crippen LogP contribution in [0.1, 0.15) is 87.8 Å². The van der Waals surface area contributed by atoms with Crippen LogP contribution in [-0.2, 0) is 29.1 Å². The van der Waals surface area contributed by atoms with Crippen molar-refractivity contribution in [1.82, 2.24) is 35.6 Å². The van der Waals surface area contributed by atoms with Crippen molar-refractivity contribution in [3.05, 3.63) is 101 Å². The Hall–Kier alpha value is -6.62. The Morgan fingerprint density at radius 1 is 0.982 bits per heavy atom. The number of benzene rings is 3. The van der Waals surface area contributed by atoms with E-state index in [4.69, 9.17) is 9.94 Å². The summed E-state index contributed by atoms with van der Waals surface area (Å²) >= 11 is 0. The molecular formula is C40H45N9O8.